The lowest BCUT2D eigenvalue weighted by atomic mass is 9.50. The second-order valence-corrected chi connectivity index (χ2v) is 20.5. The van der Waals surface area contributed by atoms with Crippen molar-refractivity contribution in [1.29, 1.82) is 0 Å². The van der Waals surface area contributed by atoms with Gasteiger partial charge < -0.3 is 38.7 Å². The van der Waals surface area contributed by atoms with Gasteiger partial charge in [0.2, 0.25) is 0 Å². The zero-order valence-electron chi connectivity index (χ0n) is 29.0. The molecular weight excluding hydrogens is 608 g/mol. The Labute approximate surface area is 273 Å². The third kappa shape index (κ3) is 5.59. The molecule has 2 aliphatic heterocycles. The number of ether oxygens (including phenoxy) is 4. The first-order chi connectivity index (χ1) is 21.1. The summed E-state index contributed by atoms with van der Waals surface area (Å²) in [7, 11) is -0.213. The zero-order valence-corrected chi connectivity index (χ0v) is 30.0. The highest BCUT2D eigenvalue weighted by Crippen LogP contribution is 2.65. The van der Waals surface area contributed by atoms with Crippen molar-refractivity contribution < 1.29 is 42.9 Å². The van der Waals surface area contributed by atoms with Crippen molar-refractivity contribution in [3.63, 3.8) is 0 Å². The number of rotatable bonds is 7. The molecule has 2 bridgehead atoms. The highest BCUT2D eigenvalue weighted by molar-refractivity contribution is 6.74. The van der Waals surface area contributed by atoms with Crippen molar-refractivity contribution in [2.75, 3.05) is 13.6 Å². The normalized spacial score (nSPS) is 28.1. The first-order valence-corrected chi connectivity index (χ1v) is 19.1. The average Bonchev–Trinajstić information content (AvgIpc) is 3.27. The number of aliphatic hydroxyl groups is 1. The maximum absolute atomic E-state index is 13.4. The maximum atomic E-state index is 13.4. The molecule has 2 N–H and O–H groups in total. The molecule has 2 heterocycles. The van der Waals surface area contributed by atoms with E-state index in [1.165, 1.54) is 13.8 Å². The number of likely N-dealkylation sites (N-methyl/N-ethyl adjacent to an activating group) is 1. The van der Waals surface area contributed by atoms with Gasteiger partial charge in [0.25, 0.3) is 14.2 Å². The smallest absolute Gasteiger partial charge is 0.509 e. The minimum absolute atomic E-state index is 0.0464. The van der Waals surface area contributed by atoms with Crippen LogP contribution in [0, 0.1) is 0 Å². The van der Waals surface area contributed by atoms with Crippen molar-refractivity contribution in [2.45, 2.75) is 134 Å². The van der Waals surface area contributed by atoms with Crippen molar-refractivity contribution in [1.82, 2.24) is 10.2 Å². The van der Waals surface area contributed by atoms with Gasteiger partial charge >= 0.3 is 12.1 Å². The third-order valence-electron chi connectivity index (χ3n) is 10.5. The molecule has 6 atom stereocenters. The standard InChI is InChI=1S/C34H50N2O9Si/c1-19(35-28(37)20(2)41-30(39)44-31(3,4)5)29(38)42-23-14-15-34(40)24-18-21-12-13-22(45-46(10,11)32(6,7)8)26-25(21)33(34,27(23)43-26)16-17-36(24)9/h12-14,19-20,24,27,40H,15-18H2,1-11H3,(H,35,37)/t19-,20-,24?,27-,33-,34-/m0/s1. The van der Waals surface area contributed by atoms with Crippen molar-refractivity contribution in [3.8, 4) is 11.5 Å². The number of likely N-dealkylation sites (tertiary alicyclic amines) is 1. The van der Waals surface area contributed by atoms with Crippen LogP contribution < -0.4 is 14.5 Å². The fraction of sp³-hybridized carbons (Fsp3) is 0.676. The van der Waals surface area contributed by atoms with Gasteiger partial charge in [0.1, 0.15) is 23.2 Å². The SMILES string of the molecule is C[C@H](NC(=O)[C@H](C)OC(=O)OC(C)(C)C)C(=O)OC1=CC[C@]2(O)C3Cc4ccc(O[Si](C)(C)C(C)(C)C)c5c4[C@@]2(CCN3C)[C@H]1O5. The highest BCUT2D eigenvalue weighted by atomic mass is 28.4. The van der Waals surface area contributed by atoms with E-state index in [4.69, 9.17) is 23.4 Å². The molecule has 12 heteroatoms. The molecule has 1 unspecified atom stereocenters. The Morgan fingerprint density at radius 1 is 1.13 bits per heavy atom. The Morgan fingerprint density at radius 2 is 1.80 bits per heavy atom. The van der Waals surface area contributed by atoms with Gasteiger partial charge in [-0.15, -0.1) is 0 Å². The molecule has 0 aromatic heterocycles. The van der Waals surface area contributed by atoms with E-state index in [2.05, 4.69) is 50.1 Å². The fourth-order valence-corrected chi connectivity index (χ4v) is 8.02. The lowest BCUT2D eigenvalue weighted by Gasteiger charge is -2.61. The summed E-state index contributed by atoms with van der Waals surface area (Å²) >= 11 is 0. The van der Waals surface area contributed by atoms with E-state index in [9.17, 15) is 19.5 Å². The first kappa shape index (κ1) is 34.2. The molecule has 1 amide bonds. The van der Waals surface area contributed by atoms with E-state index in [0.29, 0.717) is 30.1 Å². The van der Waals surface area contributed by atoms with E-state index in [0.717, 1.165) is 17.7 Å². The molecule has 0 radical (unpaired) electrons. The lowest BCUT2D eigenvalue weighted by molar-refractivity contribution is -0.170. The molecule has 1 spiro atoms. The Kier molecular flexibility index (Phi) is 8.39. The van der Waals surface area contributed by atoms with E-state index in [1.807, 2.05) is 13.1 Å². The number of amides is 1. The van der Waals surface area contributed by atoms with Crippen LogP contribution in [0.1, 0.15) is 79.4 Å². The van der Waals surface area contributed by atoms with E-state index in [1.54, 1.807) is 26.8 Å². The fourth-order valence-electron chi connectivity index (χ4n) is 7.00. The molecule has 5 rings (SSSR count). The molecule has 46 heavy (non-hydrogen) atoms. The number of nitrogens with zero attached hydrogens (tertiary/aromatic N) is 1. The van der Waals surface area contributed by atoms with Gasteiger partial charge in [-0.05, 0) is 96.9 Å². The van der Waals surface area contributed by atoms with Crippen molar-refractivity contribution in [3.05, 3.63) is 35.1 Å². The number of benzene rings is 1. The number of carbonyl (C=O) groups excluding carboxylic acids is 3. The Morgan fingerprint density at radius 3 is 2.43 bits per heavy atom. The molecule has 254 valence electrons. The number of nitrogens with one attached hydrogen (secondary N) is 1. The molecule has 11 nitrogen and oxygen atoms in total. The number of carbonyl (C=O) groups is 3. The van der Waals surface area contributed by atoms with Gasteiger partial charge in [-0.1, -0.05) is 26.8 Å². The van der Waals surface area contributed by atoms with Crippen LogP contribution >= 0.6 is 0 Å². The van der Waals surface area contributed by atoms with Crippen LogP contribution in [0.2, 0.25) is 18.1 Å². The molecule has 1 aromatic rings. The van der Waals surface area contributed by atoms with Crippen LogP contribution in [0.15, 0.2) is 24.0 Å². The van der Waals surface area contributed by atoms with Gasteiger partial charge in [0, 0.05) is 18.0 Å². The number of esters is 1. The Balaban J connectivity index is 1.41. The molecule has 0 saturated carbocycles. The van der Waals surface area contributed by atoms with Crippen LogP contribution in [-0.2, 0) is 35.6 Å². The van der Waals surface area contributed by atoms with E-state index < -0.39 is 61.2 Å². The number of hydrogen-bond donors (Lipinski definition) is 2. The van der Waals surface area contributed by atoms with Gasteiger partial charge in [0.15, 0.2) is 18.0 Å². The summed E-state index contributed by atoms with van der Waals surface area (Å²) in [6.45, 7) is 19.6. The number of piperidine rings is 1. The third-order valence-corrected chi connectivity index (χ3v) is 14.8. The largest absolute Gasteiger partial charge is 0.541 e. The summed E-state index contributed by atoms with van der Waals surface area (Å²) in [6.07, 6.45) is 0.356. The topological polar surface area (TPSA) is 133 Å². The molecule has 2 aliphatic carbocycles. The maximum Gasteiger partial charge on any atom is 0.509 e. The minimum Gasteiger partial charge on any atom is -0.541 e. The average molecular weight is 659 g/mol. The predicted molar refractivity (Wildman–Crippen MR) is 173 cm³/mol. The van der Waals surface area contributed by atoms with E-state index >= 15 is 0 Å². The Bertz CT molecular complexity index is 1460. The predicted octanol–water partition coefficient (Wildman–Crippen LogP) is 4.74. The monoisotopic (exact) mass is 658 g/mol. The molecule has 1 fully saturated rings. The molecule has 4 aliphatic rings. The first-order valence-electron chi connectivity index (χ1n) is 16.2. The summed E-state index contributed by atoms with van der Waals surface area (Å²) in [6, 6.07) is 2.87. The molecular formula is C34H50N2O9Si. The molecule has 1 saturated heterocycles. The minimum atomic E-state index is -2.25. The van der Waals surface area contributed by atoms with Gasteiger partial charge in [-0.25, -0.2) is 9.59 Å². The lowest BCUT2D eigenvalue weighted by Crippen LogP contribution is -2.74. The van der Waals surface area contributed by atoms with Crippen LogP contribution in [0.5, 0.6) is 11.5 Å². The second-order valence-electron chi connectivity index (χ2n) is 15.8. The number of hydrogen-bond acceptors (Lipinski definition) is 10. The summed E-state index contributed by atoms with van der Waals surface area (Å²) in [5.41, 5.74) is -0.712. The summed E-state index contributed by atoms with van der Waals surface area (Å²) < 4.78 is 29.7. The zero-order chi connectivity index (χ0) is 34.2. The Hall–Kier alpha value is -3.09. The van der Waals surface area contributed by atoms with Crippen LogP contribution in [0.25, 0.3) is 0 Å². The summed E-state index contributed by atoms with van der Waals surface area (Å²) in [5, 5.41) is 15.1. The highest BCUT2D eigenvalue weighted by Gasteiger charge is 2.72. The molecule has 1 aromatic carbocycles. The van der Waals surface area contributed by atoms with Gasteiger partial charge in [-0.2, -0.15) is 0 Å². The quantitative estimate of drug-likeness (QED) is 0.313. The summed E-state index contributed by atoms with van der Waals surface area (Å²) in [4.78, 5) is 40.4. The second kappa shape index (κ2) is 11.3. The van der Waals surface area contributed by atoms with Crippen LogP contribution in [-0.4, -0.2) is 85.4 Å². The van der Waals surface area contributed by atoms with Crippen LogP contribution in [0.4, 0.5) is 4.79 Å². The van der Waals surface area contributed by atoms with Crippen molar-refractivity contribution >= 4 is 26.3 Å². The van der Waals surface area contributed by atoms with Gasteiger partial charge in [0.05, 0.1) is 11.0 Å². The summed E-state index contributed by atoms with van der Waals surface area (Å²) in [5.74, 6) is 0.197. The van der Waals surface area contributed by atoms with E-state index in [-0.39, 0.29) is 17.5 Å². The van der Waals surface area contributed by atoms with Crippen molar-refractivity contribution in [2.24, 2.45) is 0 Å². The van der Waals surface area contributed by atoms with Gasteiger partial charge in [-0.3, -0.25) is 4.79 Å². The van der Waals surface area contributed by atoms with Crippen LogP contribution in [0.3, 0.4) is 0 Å².